The lowest BCUT2D eigenvalue weighted by Gasteiger charge is -2.06. The zero-order valence-electron chi connectivity index (χ0n) is 7.51. The summed E-state index contributed by atoms with van der Waals surface area (Å²) in [5.74, 6) is -0.541. The molecule has 0 bridgehead atoms. The van der Waals surface area contributed by atoms with Gasteiger partial charge in [0.1, 0.15) is 0 Å². The summed E-state index contributed by atoms with van der Waals surface area (Å²) < 4.78 is 17.7. The van der Waals surface area contributed by atoms with E-state index in [0.29, 0.717) is 5.69 Å². The standard InChI is InChI=1S/C9H9BrFNO2/c1-14-8-4-6(2-3-7(8)11)12-9(13)5-10/h2-4H,5H2,1H3,(H,12,13). The van der Waals surface area contributed by atoms with Gasteiger partial charge in [0.2, 0.25) is 5.91 Å². The van der Waals surface area contributed by atoms with E-state index >= 15 is 0 Å². The molecule has 0 atom stereocenters. The summed E-state index contributed by atoms with van der Waals surface area (Å²) in [4.78, 5) is 11.0. The fourth-order valence-electron chi connectivity index (χ4n) is 0.932. The number of carbonyl (C=O) groups excluding carboxylic acids is 1. The number of carbonyl (C=O) groups is 1. The van der Waals surface area contributed by atoms with Gasteiger partial charge in [-0.15, -0.1) is 0 Å². The molecule has 5 heteroatoms. The van der Waals surface area contributed by atoms with Crippen molar-refractivity contribution in [2.45, 2.75) is 0 Å². The van der Waals surface area contributed by atoms with Crippen molar-refractivity contribution in [2.24, 2.45) is 0 Å². The number of methoxy groups -OCH3 is 1. The number of halogens is 2. The first kappa shape index (κ1) is 11.0. The van der Waals surface area contributed by atoms with Crippen LogP contribution in [0.15, 0.2) is 18.2 Å². The van der Waals surface area contributed by atoms with Gasteiger partial charge < -0.3 is 10.1 Å². The molecule has 1 N–H and O–H groups in total. The Hall–Kier alpha value is -1.10. The molecular formula is C9H9BrFNO2. The summed E-state index contributed by atoms with van der Waals surface area (Å²) in [7, 11) is 1.37. The number of rotatable bonds is 3. The van der Waals surface area contributed by atoms with E-state index in [4.69, 9.17) is 4.74 Å². The lowest BCUT2D eigenvalue weighted by atomic mass is 10.3. The molecule has 1 aromatic rings. The van der Waals surface area contributed by atoms with Crippen LogP contribution in [0.1, 0.15) is 0 Å². The van der Waals surface area contributed by atoms with Gasteiger partial charge in [0.25, 0.3) is 0 Å². The van der Waals surface area contributed by atoms with Crippen LogP contribution in [0.25, 0.3) is 0 Å². The van der Waals surface area contributed by atoms with E-state index in [1.807, 2.05) is 0 Å². The fourth-order valence-corrected chi connectivity index (χ4v) is 1.07. The largest absolute Gasteiger partial charge is 0.494 e. The third kappa shape index (κ3) is 2.70. The summed E-state index contributed by atoms with van der Waals surface area (Å²) in [5.41, 5.74) is 0.507. The Kier molecular flexibility index (Phi) is 3.88. The maximum atomic E-state index is 12.9. The number of nitrogens with one attached hydrogen (secondary N) is 1. The van der Waals surface area contributed by atoms with Gasteiger partial charge in [-0.05, 0) is 12.1 Å². The SMILES string of the molecule is COc1cc(NC(=O)CBr)ccc1F. The van der Waals surface area contributed by atoms with E-state index in [0.717, 1.165) is 0 Å². The zero-order valence-corrected chi connectivity index (χ0v) is 9.10. The number of amides is 1. The molecule has 0 aliphatic carbocycles. The third-order valence-electron chi connectivity index (χ3n) is 1.56. The topological polar surface area (TPSA) is 38.3 Å². The molecule has 1 rings (SSSR count). The van der Waals surface area contributed by atoms with Gasteiger partial charge >= 0.3 is 0 Å². The molecule has 0 aromatic heterocycles. The molecule has 0 heterocycles. The van der Waals surface area contributed by atoms with Crippen LogP contribution in [0.2, 0.25) is 0 Å². The molecule has 0 spiro atoms. The Labute approximate surface area is 89.4 Å². The summed E-state index contributed by atoms with van der Waals surface area (Å²) in [6.07, 6.45) is 0. The first-order valence-corrected chi connectivity index (χ1v) is 4.99. The number of alkyl halides is 1. The summed E-state index contributed by atoms with van der Waals surface area (Å²) in [6.45, 7) is 0. The van der Waals surface area contributed by atoms with Crippen LogP contribution in [-0.2, 0) is 4.79 Å². The van der Waals surface area contributed by atoms with Crippen molar-refractivity contribution in [3.63, 3.8) is 0 Å². The zero-order chi connectivity index (χ0) is 10.6. The second-order valence-corrected chi connectivity index (χ2v) is 3.09. The van der Waals surface area contributed by atoms with E-state index in [-0.39, 0.29) is 17.0 Å². The molecule has 3 nitrogen and oxygen atoms in total. The maximum absolute atomic E-state index is 12.9. The second kappa shape index (κ2) is 4.95. The fraction of sp³-hybridized carbons (Fsp3) is 0.222. The van der Waals surface area contributed by atoms with E-state index in [1.165, 1.54) is 25.3 Å². The Morgan fingerprint density at radius 2 is 2.36 bits per heavy atom. The van der Waals surface area contributed by atoms with Crippen molar-refractivity contribution in [1.82, 2.24) is 0 Å². The predicted octanol–water partition coefficient (Wildman–Crippen LogP) is 2.17. The number of anilines is 1. The van der Waals surface area contributed by atoms with Crippen LogP contribution in [0.5, 0.6) is 5.75 Å². The van der Waals surface area contributed by atoms with Crippen LogP contribution < -0.4 is 10.1 Å². The van der Waals surface area contributed by atoms with E-state index < -0.39 is 5.82 Å². The highest BCUT2D eigenvalue weighted by molar-refractivity contribution is 9.09. The Morgan fingerprint density at radius 1 is 1.64 bits per heavy atom. The summed E-state index contributed by atoms with van der Waals surface area (Å²) in [5, 5.41) is 2.76. The van der Waals surface area contributed by atoms with Crippen molar-refractivity contribution in [3.05, 3.63) is 24.0 Å². The normalized spacial score (nSPS) is 9.64. The maximum Gasteiger partial charge on any atom is 0.235 e. The van der Waals surface area contributed by atoms with Gasteiger partial charge in [0, 0.05) is 11.8 Å². The van der Waals surface area contributed by atoms with Crippen LogP contribution in [0.3, 0.4) is 0 Å². The van der Waals surface area contributed by atoms with Crippen molar-refractivity contribution in [2.75, 3.05) is 17.8 Å². The van der Waals surface area contributed by atoms with Crippen LogP contribution in [0.4, 0.5) is 10.1 Å². The van der Waals surface area contributed by atoms with Crippen LogP contribution in [-0.4, -0.2) is 18.3 Å². The van der Waals surface area contributed by atoms with Gasteiger partial charge in [0.15, 0.2) is 11.6 Å². The predicted molar refractivity (Wildman–Crippen MR) is 55.4 cm³/mol. The van der Waals surface area contributed by atoms with E-state index in [9.17, 15) is 9.18 Å². The molecule has 1 amide bonds. The van der Waals surface area contributed by atoms with Crippen molar-refractivity contribution in [1.29, 1.82) is 0 Å². The van der Waals surface area contributed by atoms with E-state index in [2.05, 4.69) is 21.2 Å². The average molecular weight is 262 g/mol. The first-order chi connectivity index (χ1) is 6.67. The Morgan fingerprint density at radius 3 is 2.93 bits per heavy atom. The first-order valence-electron chi connectivity index (χ1n) is 3.86. The molecule has 0 aliphatic rings. The van der Waals surface area contributed by atoms with Crippen LogP contribution >= 0.6 is 15.9 Å². The molecule has 0 fully saturated rings. The quantitative estimate of drug-likeness (QED) is 0.848. The number of ether oxygens (including phenoxy) is 1. The van der Waals surface area contributed by atoms with Gasteiger partial charge in [-0.25, -0.2) is 4.39 Å². The van der Waals surface area contributed by atoms with Crippen LogP contribution in [0, 0.1) is 5.82 Å². The molecule has 0 unspecified atom stereocenters. The summed E-state index contributed by atoms with van der Waals surface area (Å²) in [6, 6.07) is 4.14. The third-order valence-corrected chi connectivity index (χ3v) is 2.07. The van der Waals surface area contributed by atoms with Crippen molar-refractivity contribution < 1.29 is 13.9 Å². The minimum Gasteiger partial charge on any atom is -0.494 e. The lowest BCUT2D eigenvalue weighted by Crippen LogP contribution is -2.12. The summed E-state index contributed by atoms with van der Waals surface area (Å²) >= 11 is 3.00. The molecular weight excluding hydrogens is 253 g/mol. The van der Waals surface area contributed by atoms with Gasteiger partial charge in [-0.3, -0.25) is 4.79 Å². The molecule has 0 aliphatic heterocycles. The molecule has 0 radical (unpaired) electrons. The van der Waals surface area contributed by atoms with Gasteiger partial charge in [-0.2, -0.15) is 0 Å². The number of hydrogen-bond donors (Lipinski definition) is 1. The monoisotopic (exact) mass is 261 g/mol. The molecule has 1 aromatic carbocycles. The molecule has 14 heavy (non-hydrogen) atoms. The lowest BCUT2D eigenvalue weighted by molar-refractivity contribution is -0.113. The highest BCUT2D eigenvalue weighted by atomic mass is 79.9. The Balaban J connectivity index is 2.84. The smallest absolute Gasteiger partial charge is 0.235 e. The minimum atomic E-state index is -0.454. The highest BCUT2D eigenvalue weighted by Gasteiger charge is 2.05. The van der Waals surface area contributed by atoms with Gasteiger partial charge in [-0.1, -0.05) is 15.9 Å². The Bertz CT molecular complexity index is 344. The highest BCUT2D eigenvalue weighted by Crippen LogP contribution is 2.21. The average Bonchev–Trinajstić information content (AvgIpc) is 2.20. The minimum absolute atomic E-state index is 0.109. The van der Waals surface area contributed by atoms with Crippen molar-refractivity contribution in [3.8, 4) is 5.75 Å². The number of benzene rings is 1. The molecule has 0 saturated heterocycles. The second-order valence-electron chi connectivity index (χ2n) is 2.53. The van der Waals surface area contributed by atoms with E-state index in [1.54, 1.807) is 0 Å². The van der Waals surface area contributed by atoms with Gasteiger partial charge in [0.05, 0.1) is 12.4 Å². The van der Waals surface area contributed by atoms with Crippen molar-refractivity contribution >= 4 is 27.5 Å². The molecule has 0 saturated carbocycles. The molecule has 76 valence electrons. The number of hydrogen-bond acceptors (Lipinski definition) is 2.